The lowest BCUT2D eigenvalue weighted by Gasteiger charge is -2.11. The van der Waals surface area contributed by atoms with E-state index in [1.165, 1.54) is 12.1 Å². The number of alkyl halides is 3. The van der Waals surface area contributed by atoms with Gasteiger partial charge in [-0.2, -0.15) is 13.2 Å². The maximum Gasteiger partial charge on any atom is 0.422 e. The zero-order chi connectivity index (χ0) is 15.1. The summed E-state index contributed by atoms with van der Waals surface area (Å²) < 4.78 is 77.8. The van der Waals surface area contributed by atoms with E-state index >= 15 is 0 Å². The Morgan fingerprint density at radius 2 is 1.35 bits per heavy atom. The minimum atomic E-state index is -5.14. The third-order valence-electron chi connectivity index (χ3n) is 2.76. The predicted octanol–water partition coefficient (Wildman–Crippen LogP) is 5.10. The van der Waals surface area contributed by atoms with Crippen LogP contribution in [0.15, 0.2) is 30.3 Å². The standard InChI is InChI=1S/C14H8F6/c1-7-2-3-9(10(15)4-7)8-5-11(16)13(12(17)6-8)14(18,19)20/h2-6H,1H3. The summed E-state index contributed by atoms with van der Waals surface area (Å²) in [6.45, 7) is 1.61. The normalized spacial score (nSPS) is 11.8. The molecule has 106 valence electrons. The first-order valence-electron chi connectivity index (χ1n) is 5.53. The van der Waals surface area contributed by atoms with E-state index in [0.717, 1.165) is 6.07 Å². The molecule has 0 spiro atoms. The predicted molar refractivity (Wildman–Crippen MR) is 61.5 cm³/mol. The lowest BCUT2D eigenvalue weighted by molar-refractivity contribution is -0.142. The van der Waals surface area contributed by atoms with Crippen molar-refractivity contribution < 1.29 is 26.3 Å². The molecule has 0 N–H and O–H groups in total. The van der Waals surface area contributed by atoms with Crippen LogP contribution in [0.5, 0.6) is 0 Å². The highest BCUT2D eigenvalue weighted by Gasteiger charge is 2.38. The molecule has 0 fully saturated rings. The quantitative estimate of drug-likeness (QED) is 0.641. The van der Waals surface area contributed by atoms with E-state index < -0.39 is 29.2 Å². The summed E-state index contributed by atoms with van der Waals surface area (Å²) in [7, 11) is 0. The van der Waals surface area contributed by atoms with Gasteiger partial charge in [0, 0.05) is 5.56 Å². The Labute approximate surface area is 110 Å². The van der Waals surface area contributed by atoms with Gasteiger partial charge in [0.1, 0.15) is 23.0 Å². The van der Waals surface area contributed by atoms with Crippen molar-refractivity contribution in [1.82, 2.24) is 0 Å². The Balaban J connectivity index is 2.61. The average Bonchev–Trinajstić information content (AvgIpc) is 2.25. The van der Waals surface area contributed by atoms with E-state index in [2.05, 4.69) is 0 Å². The number of hydrogen-bond donors (Lipinski definition) is 0. The highest BCUT2D eigenvalue weighted by molar-refractivity contribution is 5.65. The highest BCUT2D eigenvalue weighted by Crippen LogP contribution is 2.36. The number of halogens is 6. The lowest BCUT2D eigenvalue weighted by Crippen LogP contribution is -2.11. The average molecular weight is 290 g/mol. The van der Waals surface area contributed by atoms with Gasteiger partial charge in [-0.1, -0.05) is 12.1 Å². The molecule has 0 unspecified atom stereocenters. The summed E-state index contributed by atoms with van der Waals surface area (Å²) >= 11 is 0. The van der Waals surface area contributed by atoms with E-state index in [-0.39, 0.29) is 11.1 Å². The van der Waals surface area contributed by atoms with Crippen LogP contribution in [0, 0.1) is 24.4 Å². The van der Waals surface area contributed by atoms with Gasteiger partial charge in [-0.05, 0) is 36.2 Å². The molecule has 2 aromatic carbocycles. The minimum Gasteiger partial charge on any atom is -0.206 e. The zero-order valence-electron chi connectivity index (χ0n) is 10.2. The maximum absolute atomic E-state index is 13.7. The van der Waals surface area contributed by atoms with Crippen LogP contribution < -0.4 is 0 Å². The number of aryl methyl sites for hydroxylation is 1. The molecule has 0 aliphatic carbocycles. The first-order valence-corrected chi connectivity index (χ1v) is 5.53. The largest absolute Gasteiger partial charge is 0.422 e. The molecule has 6 heteroatoms. The number of hydrogen-bond acceptors (Lipinski definition) is 0. The van der Waals surface area contributed by atoms with E-state index in [0.29, 0.717) is 17.7 Å². The van der Waals surface area contributed by atoms with E-state index in [1.807, 2.05) is 0 Å². The Morgan fingerprint density at radius 3 is 1.80 bits per heavy atom. The van der Waals surface area contributed by atoms with Crippen LogP contribution in [0.1, 0.15) is 11.1 Å². The maximum atomic E-state index is 13.7. The molecule has 0 atom stereocenters. The highest BCUT2D eigenvalue weighted by atomic mass is 19.4. The van der Waals surface area contributed by atoms with Gasteiger partial charge in [0.05, 0.1) is 0 Å². The minimum absolute atomic E-state index is 0.165. The van der Waals surface area contributed by atoms with Gasteiger partial charge in [-0.25, -0.2) is 13.2 Å². The van der Waals surface area contributed by atoms with Crippen molar-refractivity contribution in [2.45, 2.75) is 13.1 Å². The van der Waals surface area contributed by atoms with Crippen LogP contribution in [0.4, 0.5) is 26.3 Å². The van der Waals surface area contributed by atoms with Crippen LogP contribution >= 0.6 is 0 Å². The second kappa shape index (κ2) is 4.85. The Kier molecular flexibility index (Phi) is 3.50. The lowest BCUT2D eigenvalue weighted by atomic mass is 10.0. The smallest absolute Gasteiger partial charge is 0.206 e. The molecular formula is C14H8F6. The van der Waals surface area contributed by atoms with Crippen LogP contribution in [0.25, 0.3) is 11.1 Å². The van der Waals surface area contributed by atoms with Gasteiger partial charge < -0.3 is 0 Å². The van der Waals surface area contributed by atoms with Crippen LogP contribution in [0.3, 0.4) is 0 Å². The van der Waals surface area contributed by atoms with Crippen molar-refractivity contribution in [1.29, 1.82) is 0 Å². The fraction of sp³-hybridized carbons (Fsp3) is 0.143. The van der Waals surface area contributed by atoms with Crippen molar-refractivity contribution in [3.05, 3.63) is 58.9 Å². The molecular weight excluding hydrogens is 282 g/mol. The summed E-state index contributed by atoms with van der Waals surface area (Å²) in [5.74, 6) is -4.30. The Morgan fingerprint density at radius 1 is 0.800 bits per heavy atom. The molecule has 0 radical (unpaired) electrons. The molecule has 0 nitrogen and oxygen atoms in total. The van der Waals surface area contributed by atoms with Gasteiger partial charge in [0.15, 0.2) is 0 Å². The topological polar surface area (TPSA) is 0 Å². The van der Waals surface area contributed by atoms with Crippen molar-refractivity contribution in [3.63, 3.8) is 0 Å². The summed E-state index contributed by atoms with van der Waals surface area (Å²) in [5.41, 5.74) is -1.85. The molecule has 0 aromatic heterocycles. The Bertz CT molecular complexity index is 634. The van der Waals surface area contributed by atoms with Crippen molar-refractivity contribution in [2.75, 3.05) is 0 Å². The summed E-state index contributed by atoms with van der Waals surface area (Å²) in [6, 6.07) is 4.82. The van der Waals surface area contributed by atoms with Crippen LogP contribution in [-0.4, -0.2) is 0 Å². The van der Waals surface area contributed by atoms with E-state index in [1.54, 1.807) is 6.92 Å². The monoisotopic (exact) mass is 290 g/mol. The second-order valence-electron chi connectivity index (χ2n) is 4.30. The van der Waals surface area contributed by atoms with Gasteiger partial charge >= 0.3 is 6.18 Å². The molecule has 0 aliphatic rings. The third kappa shape index (κ3) is 2.64. The molecule has 0 saturated carbocycles. The molecule has 0 saturated heterocycles. The van der Waals surface area contributed by atoms with Gasteiger partial charge in [-0.15, -0.1) is 0 Å². The summed E-state index contributed by atoms with van der Waals surface area (Å²) in [4.78, 5) is 0. The molecule has 20 heavy (non-hydrogen) atoms. The second-order valence-corrected chi connectivity index (χ2v) is 4.30. The molecule has 0 aliphatic heterocycles. The number of rotatable bonds is 1. The first-order chi connectivity index (χ1) is 9.20. The Hall–Kier alpha value is -1.98. The molecule has 0 amide bonds. The van der Waals surface area contributed by atoms with Crippen LogP contribution in [-0.2, 0) is 6.18 Å². The SMILES string of the molecule is Cc1ccc(-c2cc(F)c(C(F)(F)F)c(F)c2)c(F)c1. The fourth-order valence-electron chi connectivity index (χ4n) is 1.85. The van der Waals surface area contributed by atoms with E-state index in [9.17, 15) is 26.3 Å². The van der Waals surface area contributed by atoms with Crippen molar-refractivity contribution in [2.24, 2.45) is 0 Å². The molecule has 0 bridgehead atoms. The molecule has 2 rings (SSSR count). The fourth-order valence-corrected chi connectivity index (χ4v) is 1.85. The molecule has 2 aromatic rings. The summed E-state index contributed by atoms with van der Waals surface area (Å²) in [5, 5.41) is 0. The number of benzene rings is 2. The first kappa shape index (κ1) is 14.4. The van der Waals surface area contributed by atoms with E-state index in [4.69, 9.17) is 0 Å². The van der Waals surface area contributed by atoms with Gasteiger partial charge in [-0.3, -0.25) is 0 Å². The molecule has 0 heterocycles. The summed E-state index contributed by atoms with van der Waals surface area (Å²) in [6.07, 6.45) is -5.14. The van der Waals surface area contributed by atoms with Gasteiger partial charge in [0.2, 0.25) is 0 Å². The van der Waals surface area contributed by atoms with Crippen molar-refractivity contribution >= 4 is 0 Å². The third-order valence-corrected chi connectivity index (χ3v) is 2.76. The van der Waals surface area contributed by atoms with Crippen LogP contribution in [0.2, 0.25) is 0 Å². The zero-order valence-corrected chi connectivity index (χ0v) is 10.2. The van der Waals surface area contributed by atoms with Crippen molar-refractivity contribution in [3.8, 4) is 11.1 Å². The van der Waals surface area contributed by atoms with Gasteiger partial charge in [0.25, 0.3) is 0 Å².